The molecule has 0 bridgehead atoms. The number of aryl methyl sites for hydroxylation is 2. The second kappa shape index (κ2) is 12.4. The maximum absolute atomic E-state index is 12.7. The molecule has 0 aliphatic heterocycles. The number of benzene rings is 2. The third-order valence-corrected chi connectivity index (χ3v) is 5.29. The summed E-state index contributed by atoms with van der Waals surface area (Å²) in [7, 11) is 1.54. The number of nitrogens with zero attached hydrogens (tertiary/aromatic N) is 2. The van der Waals surface area contributed by atoms with Crippen molar-refractivity contribution in [2.24, 2.45) is 0 Å². The van der Waals surface area contributed by atoms with Crippen molar-refractivity contribution < 1.29 is 28.9 Å². The monoisotopic (exact) mass is 478 g/mol. The van der Waals surface area contributed by atoms with Crippen LogP contribution in [0.3, 0.4) is 0 Å². The van der Waals surface area contributed by atoms with E-state index in [4.69, 9.17) is 14.2 Å². The van der Waals surface area contributed by atoms with E-state index in [9.17, 15) is 14.7 Å². The van der Waals surface area contributed by atoms with Gasteiger partial charge in [-0.25, -0.2) is 4.79 Å². The van der Waals surface area contributed by atoms with Gasteiger partial charge in [0.1, 0.15) is 12.3 Å². The molecule has 184 valence electrons. The summed E-state index contributed by atoms with van der Waals surface area (Å²) in [6, 6.07) is 16.3. The van der Waals surface area contributed by atoms with Crippen LogP contribution in [0, 0.1) is 6.92 Å². The van der Waals surface area contributed by atoms with Gasteiger partial charge in [0.05, 0.1) is 13.7 Å². The van der Waals surface area contributed by atoms with Gasteiger partial charge in [-0.3, -0.25) is 14.7 Å². The number of carboxylic acids is 1. The van der Waals surface area contributed by atoms with Gasteiger partial charge < -0.3 is 19.3 Å². The summed E-state index contributed by atoms with van der Waals surface area (Å²) in [5.41, 5.74) is 3.70. The molecule has 1 heterocycles. The first-order valence-corrected chi connectivity index (χ1v) is 11.4. The fourth-order valence-corrected chi connectivity index (χ4v) is 3.42. The molecule has 1 N–H and O–H groups in total. The Labute approximate surface area is 205 Å². The zero-order valence-corrected chi connectivity index (χ0v) is 20.2. The predicted molar refractivity (Wildman–Crippen MR) is 131 cm³/mol. The van der Waals surface area contributed by atoms with Crippen molar-refractivity contribution in [2.75, 3.05) is 20.3 Å². The lowest BCUT2D eigenvalue weighted by molar-refractivity contribution is -0.138. The summed E-state index contributed by atoms with van der Waals surface area (Å²) in [4.78, 5) is 29.7. The molecule has 3 aromatic rings. The lowest BCUT2D eigenvalue weighted by Gasteiger charge is -2.21. The van der Waals surface area contributed by atoms with E-state index in [1.165, 1.54) is 5.56 Å². The normalized spacial score (nSPS) is 10.5. The summed E-state index contributed by atoms with van der Waals surface area (Å²) in [6.45, 7) is 3.86. The van der Waals surface area contributed by atoms with E-state index in [-0.39, 0.29) is 6.54 Å². The van der Waals surface area contributed by atoms with Crippen LogP contribution in [-0.4, -0.2) is 47.3 Å². The molecular formula is C27H30N2O6. The molecule has 0 spiro atoms. The Morgan fingerprint density at radius 3 is 2.49 bits per heavy atom. The van der Waals surface area contributed by atoms with Crippen LogP contribution in [0.2, 0.25) is 0 Å². The molecule has 0 saturated heterocycles. The van der Waals surface area contributed by atoms with Crippen molar-refractivity contribution in [3.05, 3.63) is 83.2 Å². The zero-order chi connectivity index (χ0) is 25.2. The average Bonchev–Trinajstić information content (AvgIpc) is 2.84. The molecule has 2 aromatic carbocycles. The first-order valence-electron chi connectivity index (χ1n) is 11.4. The van der Waals surface area contributed by atoms with E-state index in [1.807, 2.05) is 25.3 Å². The Balaban J connectivity index is 1.69. The van der Waals surface area contributed by atoms with E-state index in [0.29, 0.717) is 35.8 Å². The van der Waals surface area contributed by atoms with Crippen LogP contribution < -0.4 is 14.2 Å². The van der Waals surface area contributed by atoms with Crippen LogP contribution in [-0.2, 0) is 24.2 Å². The number of pyridine rings is 1. The third kappa shape index (κ3) is 7.74. The van der Waals surface area contributed by atoms with Crippen LogP contribution in [0.1, 0.15) is 29.3 Å². The van der Waals surface area contributed by atoms with Crippen LogP contribution in [0.4, 0.5) is 4.79 Å². The Morgan fingerprint density at radius 1 is 1.03 bits per heavy atom. The number of amides is 1. The van der Waals surface area contributed by atoms with Crippen LogP contribution >= 0.6 is 0 Å². The lowest BCUT2D eigenvalue weighted by Crippen LogP contribution is -2.37. The van der Waals surface area contributed by atoms with Crippen LogP contribution in [0.15, 0.2) is 60.8 Å². The maximum Gasteiger partial charge on any atom is 0.416 e. The molecule has 8 nitrogen and oxygen atoms in total. The molecule has 0 aliphatic rings. The lowest BCUT2D eigenvalue weighted by atomic mass is 10.2. The Morgan fingerprint density at radius 2 is 1.83 bits per heavy atom. The number of ether oxygens (including phenoxy) is 3. The van der Waals surface area contributed by atoms with Crippen LogP contribution in [0.5, 0.6) is 17.2 Å². The second-order valence-electron chi connectivity index (χ2n) is 8.03. The van der Waals surface area contributed by atoms with Crippen LogP contribution in [0.25, 0.3) is 0 Å². The molecule has 0 radical (unpaired) electrons. The summed E-state index contributed by atoms with van der Waals surface area (Å²) in [6.07, 6.45) is 2.66. The van der Waals surface area contributed by atoms with Gasteiger partial charge in [-0.2, -0.15) is 0 Å². The highest BCUT2D eigenvalue weighted by Crippen LogP contribution is 2.29. The van der Waals surface area contributed by atoms with E-state index in [2.05, 4.69) is 18.0 Å². The molecule has 0 aliphatic carbocycles. The minimum absolute atomic E-state index is 0.0251. The average molecular weight is 479 g/mol. The van der Waals surface area contributed by atoms with Gasteiger partial charge in [-0.05, 0) is 60.4 Å². The molecule has 0 unspecified atom stereocenters. The van der Waals surface area contributed by atoms with E-state index in [0.717, 1.165) is 22.6 Å². The van der Waals surface area contributed by atoms with Crippen molar-refractivity contribution in [3.8, 4) is 17.2 Å². The molecule has 0 fully saturated rings. The molecule has 35 heavy (non-hydrogen) atoms. The van der Waals surface area contributed by atoms with Crippen molar-refractivity contribution in [2.45, 2.75) is 33.2 Å². The second-order valence-corrected chi connectivity index (χ2v) is 8.03. The number of rotatable bonds is 11. The zero-order valence-electron chi connectivity index (χ0n) is 20.2. The number of carbonyl (C=O) groups excluding carboxylic acids is 1. The number of methoxy groups -OCH3 is 1. The molecule has 1 aromatic heterocycles. The quantitative estimate of drug-likeness (QED) is 0.428. The highest BCUT2D eigenvalue weighted by Gasteiger charge is 2.20. The molecule has 3 rings (SSSR count). The fourth-order valence-electron chi connectivity index (χ4n) is 3.42. The summed E-state index contributed by atoms with van der Waals surface area (Å²) in [5, 5.41) is 9.31. The van der Waals surface area contributed by atoms with E-state index < -0.39 is 18.6 Å². The topological polar surface area (TPSA) is 98.2 Å². The predicted octanol–water partition coefficient (Wildman–Crippen LogP) is 4.67. The van der Waals surface area contributed by atoms with Gasteiger partial charge >= 0.3 is 12.1 Å². The first kappa shape index (κ1) is 25.6. The molecule has 8 heteroatoms. The number of aliphatic carboxylic acids is 1. The smallest absolute Gasteiger partial charge is 0.416 e. The van der Waals surface area contributed by atoms with Crippen molar-refractivity contribution in [1.82, 2.24) is 9.88 Å². The fraction of sp³-hybridized carbons (Fsp3) is 0.296. The molecular weight excluding hydrogens is 448 g/mol. The minimum Gasteiger partial charge on any atom is -0.493 e. The standard InChI is InChI=1S/C27H30N2O6/c1-4-20-8-10-22(28-16-20)12-13-34-25-15-21(9-11-24(25)33-3)17-29(18-26(30)31)27(32)35-23-7-5-6-19(2)14-23/h5-11,14-16H,4,12-13,17-18H2,1-3H3,(H,30,31). The van der Waals surface area contributed by atoms with Gasteiger partial charge in [0.25, 0.3) is 0 Å². The summed E-state index contributed by atoms with van der Waals surface area (Å²) < 4.78 is 16.7. The number of carbonyl (C=O) groups is 2. The van der Waals surface area contributed by atoms with E-state index in [1.54, 1.807) is 43.5 Å². The molecule has 0 saturated carbocycles. The highest BCUT2D eigenvalue weighted by molar-refractivity contribution is 5.78. The number of hydrogen-bond donors (Lipinski definition) is 1. The number of carboxylic acid groups (broad SMARTS) is 1. The minimum atomic E-state index is -1.14. The SMILES string of the molecule is CCc1ccc(CCOc2cc(CN(CC(=O)O)C(=O)Oc3cccc(C)c3)ccc2OC)nc1. The number of aromatic nitrogens is 1. The number of hydrogen-bond acceptors (Lipinski definition) is 6. The molecule has 1 amide bonds. The first-order chi connectivity index (χ1) is 16.9. The van der Waals surface area contributed by atoms with Crippen molar-refractivity contribution >= 4 is 12.1 Å². The Bertz CT molecular complexity index is 1150. The summed E-state index contributed by atoms with van der Waals surface area (Å²) in [5.74, 6) is 0.246. The van der Waals surface area contributed by atoms with Gasteiger partial charge in [-0.15, -0.1) is 0 Å². The Kier molecular flexibility index (Phi) is 9.06. The molecule has 0 atom stereocenters. The Hall–Kier alpha value is -4.07. The van der Waals surface area contributed by atoms with Gasteiger partial charge in [-0.1, -0.05) is 31.2 Å². The van der Waals surface area contributed by atoms with Gasteiger partial charge in [0, 0.05) is 24.9 Å². The summed E-state index contributed by atoms with van der Waals surface area (Å²) >= 11 is 0. The maximum atomic E-state index is 12.7. The van der Waals surface area contributed by atoms with Crippen molar-refractivity contribution in [1.29, 1.82) is 0 Å². The van der Waals surface area contributed by atoms with Gasteiger partial charge in [0.2, 0.25) is 0 Å². The van der Waals surface area contributed by atoms with Crippen molar-refractivity contribution in [3.63, 3.8) is 0 Å². The largest absolute Gasteiger partial charge is 0.493 e. The highest BCUT2D eigenvalue weighted by atomic mass is 16.6. The van der Waals surface area contributed by atoms with E-state index >= 15 is 0 Å². The third-order valence-electron chi connectivity index (χ3n) is 5.29. The van der Waals surface area contributed by atoms with Gasteiger partial charge in [0.15, 0.2) is 11.5 Å².